The van der Waals surface area contributed by atoms with Crippen molar-refractivity contribution in [3.05, 3.63) is 32.7 Å². The van der Waals surface area contributed by atoms with Gasteiger partial charge in [0.1, 0.15) is 10.7 Å². The lowest BCUT2D eigenvalue weighted by atomic mass is 9.88. The molecule has 1 N–H and O–H groups in total. The molecule has 0 radical (unpaired) electrons. The number of carbonyl (C=O) groups excluding carboxylic acids is 4. The lowest BCUT2D eigenvalue weighted by Crippen LogP contribution is -2.47. The standard InChI is InChI=1S/C36H55N5O5S2/c1-22(2)16-27(19-33-37-13-15-47-33)38-34(44)28-21-48-35(39-28)32(46-24(5)42)20-30(23(3)4)41(7)36(45)26(17-25-11-12-25)18-31(43)29-10-8-9-14-40(29)6/h13,15,21-23,25-27,29-30,32H,8-12,14,16-20H2,1-7H3,(H,38,44)/t26-,27-,29-,30-,32-/m1/s1. The van der Waals surface area contributed by atoms with Crippen LogP contribution in [0.25, 0.3) is 0 Å². The van der Waals surface area contributed by atoms with Crippen LogP contribution in [-0.4, -0.2) is 82.1 Å². The summed E-state index contributed by atoms with van der Waals surface area (Å²) < 4.78 is 5.81. The Labute approximate surface area is 294 Å². The molecular formula is C36H55N5O5S2. The third-order valence-electron chi connectivity index (χ3n) is 9.66. The molecule has 0 spiro atoms. The van der Waals surface area contributed by atoms with E-state index in [0.717, 1.165) is 56.5 Å². The Balaban J connectivity index is 1.47. The van der Waals surface area contributed by atoms with Crippen molar-refractivity contribution in [3.8, 4) is 0 Å². The van der Waals surface area contributed by atoms with Crippen molar-refractivity contribution in [2.75, 3.05) is 20.6 Å². The smallest absolute Gasteiger partial charge is 0.303 e. The zero-order valence-corrected chi connectivity index (χ0v) is 31.4. The van der Waals surface area contributed by atoms with Gasteiger partial charge in [-0.2, -0.15) is 0 Å². The van der Waals surface area contributed by atoms with Crippen LogP contribution >= 0.6 is 22.7 Å². The van der Waals surface area contributed by atoms with Crippen LogP contribution in [0.1, 0.15) is 119 Å². The lowest BCUT2D eigenvalue weighted by Gasteiger charge is -2.36. The van der Waals surface area contributed by atoms with Gasteiger partial charge in [-0.1, -0.05) is 47.0 Å². The second-order valence-electron chi connectivity index (χ2n) is 14.6. The Hall–Kier alpha value is -2.70. The zero-order chi connectivity index (χ0) is 35.0. The first-order chi connectivity index (χ1) is 22.8. The average molecular weight is 702 g/mol. The van der Waals surface area contributed by atoms with Gasteiger partial charge in [0.25, 0.3) is 5.91 Å². The molecule has 2 aromatic rings. The van der Waals surface area contributed by atoms with E-state index in [1.54, 1.807) is 27.8 Å². The lowest BCUT2D eigenvalue weighted by molar-refractivity contribution is -0.149. The molecule has 4 rings (SSSR count). The predicted octanol–water partition coefficient (Wildman–Crippen LogP) is 6.32. The molecule has 0 unspecified atom stereocenters. The number of amides is 2. The number of esters is 1. The topological polar surface area (TPSA) is 122 Å². The van der Waals surface area contributed by atoms with Crippen molar-refractivity contribution < 1.29 is 23.9 Å². The van der Waals surface area contributed by atoms with Gasteiger partial charge in [-0.25, -0.2) is 9.97 Å². The molecule has 48 heavy (non-hydrogen) atoms. The summed E-state index contributed by atoms with van der Waals surface area (Å²) in [6.45, 7) is 10.6. The first-order valence-corrected chi connectivity index (χ1v) is 19.4. The van der Waals surface area contributed by atoms with E-state index in [9.17, 15) is 19.2 Å². The minimum atomic E-state index is -0.724. The van der Waals surface area contributed by atoms with E-state index < -0.39 is 12.1 Å². The fourth-order valence-corrected chi connectivity index (χ4v) is 8.50. The van der Waals surface area contributed by atoms with Crippen LogP contribution in [-0.2, 0) is 25.5 Å². The number of nitrogens with one attached hydrogen (secondary N) is 1. The van der Waals surface area contributed by atoms with Crippen LogP contribution in [0.2, 0.25) is 0 Å². The van der Waals surface area contributed by atoms with Gasteiger partial charge in [-0.05, 0) is 57.0 Å². The second-order valence-corrected chi connectivity index (χ2v) is 16.5. The van der Waals surface area contributed by atoms with Crippen molar-refractivity contribution in [1.82, 2.24) is 25.1 Å². The third kappa shape index (κ3) is 11.2. The second kappa shape index (κ2) is 17.8. The molecule has 1 saturated heterocycles. The Morgan fingerprint density at radius 2 is 1.83 bits per heavy atom. The first kappa shape index (κ1) is 38.1. The molecular weight excluding hydrogens is 647 g/mol. The largest absolute Gasteiger partial charge is 0.455 e. The number of Topliss-reactive ketones (excluding diaryl/α,β-unsaturated/α-hetero) is 1. The van der Waals surface area contributed by atoms with Gasteiger partial charge in [-0.3, -0.25) is 24.1 Å². The quantitative estimate of drug-likeness (QED) is 0.179. The molecule has 266 valence electrons. The Morgan fingerprint density at radius 1 is 1.08 bits per heavy atom. The monoisotopic (exact) mass is 701 g/mol. The fourth-order valence-electron chi connectivity index (χ4n) is 6.96. The number of ketones is 1. The SMILES string of the molecule is CC(=O)O[C@H](C[C@H](C(C)C)N(C)C(=O)[C@@H](CC(=O)[C@H]1CCCCN1C)CC1CC1)c1nc(C(=O)N[C@@H](Cc2nccs2)CC(C)C)cs1. The maximum Gasteiger partial charge on any atom is 0.303 e. The Bertz CT molecular complexity index is 1360. The minimum Gasteiger partial charge on any atom is -0.455 e. The van der Waals surface area contributed by atoms with Crippen LogP contribution in [0.3, 0.4) is 0 Å². The predicted molar refractivity (Wildman–Crippen MR) is 190 cm³/mol. The van der Waals surface area contributed by atoms with Gasteiger partial charge < -0.3 is 15.0 Å². The van der Waals surface area contributed by atoms with Crippen LogP contribution in [0.15, 0.2) is 17.0 Å². The minimum absolute atomic E-state index is 0.0235. The molecule has 2 amide bonds. The van der Waals surface area contributed by atoms with E-state index in [1.807, 2.05) is 19.5 Å². The van der Waals surface area contributed by atoms with Gasteiger partial charge in [0.2, 0.25) is 5.91 Å². The normalized spacial score (nSPS) is 19.5. The van der Waals surface area contributed by atoms with Crippen LogP contribution in [0.4, 0.5) is 0 Å². The van der Waals surface area contributed by atoms with E-state index in [4.69, 9.17) is 4.74 Å². The summed E-state index contributed by atoms with van der Waals surface area (Å²) in [5, 5.41) is 8.27. The number of rotatable bonds is 18. The van der Waals surface area contributed by atoms with E-state index >= 15 is 0 Å². The van der Waals surface area contributed by atoms with E-state index in [1.165, 1.54) is 18.3 Å². The van der Waals surface area contributed by atoms with Crippen molar-refractivity contribution in [1.29, 1.82) is 0 Å². The van der Waals surface area contributed by atoms with Crippen molar-refractivity contribution >= 4 is 46.2 Å². The molecule has 12 heteroatoms. The van der Waals surface area contributed by atoms with Gasteiger partial charge in [0, 0.05) is 68.2 Å². The number of thiazole rings is 2. The molecule has 3 heterocycles. The summed E-state index contributed by atoms with van der Waals surface area (Å²) >= 11 is 2.86. The maximum absolute atomic E-state index is 14.2. The Kier molecular flexibility index (Phi) is 14.1. The first-order valence-electron chi connectivity index (χ1n) is 17.6. The van der Waals surface area contributed by atoms with Gasteiger partial charge >= 0.3 is 5.97 Å². The highest BCUT2D eigenvalue weighted by atomic mass is 32.1. The number of likely N-dealkylation sites (tertiary alicyclic amines) is 1. The molecule has 10 nitrogen and oxygen atoms in total. The highest BCUT2D eigenvalue weighted by Gasteiger charge is 2.38. The summed E-state index contributed by atoms with van der Waals surface area (Å²) in [7, 11) is 3.82. The van der Waals surface area contributed by atoms with E-state index in [0.29, 0.717) is 29.7 Å². The highest BCUT2D eigenvalue weighted by Crippen LogP contribution is 2.38. The number of ether oxygens (including phenoxy) is 1. The van der Waals surface area contributed by atoms with Gasteiger partial charge in [0.15, 0.2) is 11.9 Å². The number of hydrogen-bond acceptors (Lipinski definition) is 10. The fraction of sp³-hybridized carbons (Fsp3) is 0.722. The molecule has 2 aliphatic rings. The summed E-state index contributed by atoms with van der Waals surface area (Å²) in [5.74, 6) is -0.0164. The number of likely N-dealkylation sites (N-methyl/N-ethyl adjacent to an activating group) is 1. The van der Waals surface area contributed by atoms with Crippen LogP contribution in [0.5, 0.6) is 0 Å². The summed E-state index contributed by atoms with van der Waals surface area (Å²) in [6, 6.07) is -0.472. The number of nitrogens with zero attached hydrogens (tertiary/aromatic N) is 4. The van der Waals surface area contributed by atoms with Crippen molar-refractivity contribution in [2.45, 2.75) is 123 Å². The zero-order valence-electron chi connectivity index (χ0n) is 29.8. The van der Waals surface area contributed by atoms with Crippen molar-refractivity contribution in [2.24, 2.45) is 23.7 Å². The highest BCUT2D eigenvalue weighted by molar-refractivity contribution is 7.10. The van der Waals surface area contributed by atoms with Crippen LogP contribution in [0, 0.1) is 23.7 Å². The molecule has 2 fully saturated rings. The summed E-state index contributed by atoms with van der Waals surface area (Å²) in [4.78, 5) is 66.3. The maximum atomic E-state index is 14.2. The van der Waals surface area contributed by atoms with Crippen LogP contribution < -0.4 is 5.32 Å². The van der Waals surface area contributed by atoms with Gasteiger partial charge in [0.05, 0.1) is 11.0 Å². The van der Waals surface area contributed by atoms with E-state index in [2.05, 4.69) is 47.9 Å². The molecule has 0 bridgehead atoms. The summed E-state index contributed by atoms with van der Waals surface area (Å²) in [6.07, 6.45) is 9.04. The molecule has 1 aliphatic carbocycles. The third-order valence-corrected chi connectivity index (χ3v) is 11.4. The number of hydrogen-bond donors (Lipinski definition) is 1. The molecule has 2 aromatic heterocycles. The number of carbonyl (C=O) groups is 4. The molecule has 0 aromatic carbocycles. The molecule has 1 saturated carbocycles. The van der Waals surface area contributed by atoms with Crippen molar-refractivity contribution in [3.63, 3.8) is 0 Å². The number of piperidine rings is 1. The average Bonchev–Trinajstić information content (AvgIpc) is 3.44. The molecule has 5 atom stereocenters. The van der Waals surface area contributed by atoms with E-state index in [-0.39, 0.29) is 59.7 Å². The summed E-state index contributed by atoms with van der Waals surface area (Å²) in [5.41, 5.74) is 0.279. The Morgan fingerprint density at radius 3 is 2.44 bits per heavy atom. The van der Waals surface area contributed by atoms with Gasteiger partial charge in [-0.15, -0.1) is 22.7 Å². The molecule has 1 aliphatic heterocycles. The number of aromatic nitrogens is 2.